The van der Waals surface area contributed by atoms with Crippen molar-refractivity contribution in [2.24, 2.45) is 11.3 Å². The second-order valence-electron chi connectivity index (χ2n) is 5.71. The lowest BCUT2D eigenvalue weighted by Crippen LogP contribution is -2.33. The molecule has 0 aromatic heterocycles. The van der Waals surface area contributed by atoms with Crippen LogP contribution < -0.4 is 0 Å². The Bertz CT molecular complexity index is 390. The molecule has 1 N–H and O–H groups in total. The Hall–Kier alpha value is -1.09. The van der Waals surface area contributed by atoms with E-state index in [1.54, 1.807) is 0 Å². The van der Waals surface area contributed by atoms with Gasteiger partial charge in [0, 0.05) is 11.5 Å². The lowest BCUT2D eigenvalue weighted by molar-refractivity contribution is -0.137. The van der Waals surface area contributed by atoms with Gasteiger partial charge in [-0.25, -0.2) is 4.79 Å². The predicted molar refractivity (Wildman–Crippen MR) is 65.3 cm³/mol. The van der Waals surface area contributed by atoms with Crippen molar-refractivity contribution in [1.29, 1.82) is 0 Å². The zero-order valence-electron chi connectivity index (χ0n) is 10.7. The van der Waals surface area contributed by atoms with Crippen molar-refractivity contribution >= 4 is 5.97 Å². The van der Waals surface area contributed by atoms with E-state index in [1.807, 2.05) is 19.1 Å². The van der Waals surface area contributed by atoms with Gasteiger partial charge in [-0.1, -0.05) is 19.9 Å². The molecule has 0 bridgehead atoms. The summed E-state index contributed by atoms with van der Waals surface area (Å²) in [5, 5.41) is 9.06. The van der Waals surface area contributed by atoms with Crippen molar-refractivity contribution < 1.29 is 14.6 Å². The number of ether oxygens (including phenoxy) is 1. The first-order chi connectivity index (χ1) is 7.95. The summed E-state index contributed by atoms with van der Waals surface area (Å²) in [6.45, 7) is 6.23. The second-order valence-corrected chi connectivity index (χ2v) is 5.71. The van der Waals surface area contributed by atoms with Crippen LogP contribution in [0, 0.1) is 11.3 Å². The van der Waals surface area contributed by atoms with E-state index in [-0.39, 0.29) is 30.0 Å². The van der Waals surface area contributed by atoms with Crippen molar-refractivity contribution in [3.63, 3.8) is 0 Å². The molecule has 3 heteroatoms. The largest absolute Gasteiger partial charge is 0.454 e. The fourth-order valence-electron chi connectivity index (χ4n) is 2.86. The topological polar surface area (TPSA) is 46.5 Å². The summed E-state index contributed by atoms with van der Waals surface area (Å²) in [6, 6.07) is 0. The lowest BCUT2D eigenvalue weighted by Gasteiger charge is -2.36. The van der Waals surface area contributed by atoms with E-state index in [2.05, 4.69) is 13.8 Å². The number of cyclic esters (lactones) is 1. The van der Waals surface area contributed by atoms with Crippen LogP contribution in [-0.2, 0) is 9.53 Å². The minimum absolute atomic E-state index is 0.0141. The van der Waals surface area contributed by atoms with Gasteiger partial charge >= 0.3 is 5.97 Å². The highest BCUT2D eigenvalue weighted by atomic mass is 16.6. The summed E-state index contributed by atoms with van der Waals surface area (Å²) < 4.78 is 5.42. The van der Waals surface area contributed by atoms with Crippen molar-refractivity contribution in [2.45, 2.75) is 39.7 Å². The molecule has 2 aliphatic rings. The van der Waals surface area contributed by atoms with Crippen molar-refractivity contribution in [1.82, 2.24) is 0 Å². The normalized spacial score (nSPS) is 31.9. The van der Waals surface area contributed by atoms with Crippen LogP contribution in [0.2, 0.25) is 0 Å². The van der Waals surface area contributed by atoms with E-state index >= 15 is 0 Å². The molecule has 0 unspecified atom stereocenters. The van der Waals surface area contributed by atoms with E-state index in [1.165, 1.54) is 0 Å². The molecule has 1 aliphatic carbocycles. The fourth-order valence-corrected chi connectivity index (χ4v) is 2.86. The van der Waals surface area contributed by atoms with Crippen LogP contribution in [0.15, 0.2) is 23.3 Å². The molecule has 1 aliphatic heterocycles. The number of fused-ring (bicyclic) bond motifs is 1. The van der Waals surface area contributed by atoms with Crippen LogP contribution in [0.5, 0.6) is 0 Å². The number of hydrogen-bond acceptors (Lipinski definition) is 3. The summed E-state index contributed by atoms with van der Waals surface area (Å²) in [4.78, 5) is 11.8. The van der Waals surface area contributed by atoms with E-state index in [0.29, 0.717) is 0 Å². The van der Waals surface area contributed by atoms with Gasteiger partial charge in [0.25, 0.3) is 0 Å². The Morgan fingerprint density at radius 3 is 3.00 bits per heavy atom. The fraction of sp³-hybridized carbons (Fsp3) is 0.643. The van der Waals surface area contributed by atoms with Crippen LogP contribution in [0.3, 0.4) is 0 Å². The van der Waals surface area contributed by atoms with Crippen LogP contribution in [0.25, 0.3) is 0 Å². The van der Waals surface area contributed by atoms with Crippen LogP contribution in [0.4, 0.5) is 0 Å². The number of esters is 1. The van der Waals surface area contributed by atoms with E-state index in [4.69, 9.17) is 9.84 Å². The maximum Gasteiger partial charge on any atom is 0.334 e. The summed E-state index contributed by atoms with van der Waals surface area (Å²) in [5.41, 5.74) is 1.76. The van der Waals surface area contributed by atoms with E-state index < -0.39 is 0 Å². The molecule has 0 spiro atoms. The maximum atomic E-state index is 11.8. The SMILES string of the molecule is C/C(=C\[C@H]1OC(=O)C2=CCCC(C)(C)[C@@H]21)CO. The highest BCUT2D eigenvalue weighted by Crippen LogP contribution is 2.48. The number of allylic oxidation sites excluding steroid dienone is 1. The van der Waals surface area contributed by atoms with Crippen LogP contribution in [0.1, 0.15) is 33.6 Å². The minimum atomic E-state index is -0.212. The third-order valence-corrected chi connectivity index (χ3v) is 3.84. The van der Waals surface area contributed by atoms with Gasteiger partial charge in [-0.3, -0.25) is 0 Å². The summed E-state index contributed by atoms with van der Waals surface area (Å²) in [7, 11) is 0. The number of carbonyl (C=O) groups excluding carboxylic acids is 1. The maximum absolute atomic E-state index is 11.8. The zero-order chi connectivity index (χ0) is 12.6. The molecule has 2 rings (SSSR count). The van der Waals surface area contributed by atoms with Crippen molar-refractivity contribution in [3.8, 4) is 0 Å². The highest BCUT2D eigenvalue weighted by molar-refractivity contribution is 5.92. The second kappa shape index (κ2) is 4.30. The standard InChI is InChI=1S/C14H20O3/c1-9(8-15)7-11-12-10(13(16)17-11)5-4-6-14(12,2)3/h5,7,11-12,15H,4,6,8H2,1-3H3/b9-7+/t11-,12+/m1/s1. The molecular weight excluding hydrogens is 216 g/mol. The van der Waals surface area contributed by atoms with Gasteiger partial charge in [0.05, 0.1) is 6.61 Å². The van der Waals surface area contributed by atoms with Gasteiger partial charge < -0.3 is 9.84 Å². The number of hydrogen-bond donors (Lipinski definition) is 1. The monoisotopic (exact) mass is 236 g/mol. The van der Waals surface area contributed by atoms with E-state index in [0.717, 1.165) is 24.0 Å². The highest BCUT2D eigenvalue weighted by Gasteiger charge is 2.48. The predicted octanol–water partition coefficient (Wildman–Crippen LogP) is 2.21. The number of carbonyl (C=O) groups is 1. The molecule has 0 amide bonds. The van der Waals surface area contributed by atoms with Gasteiger partial charge in [-0.15, -0.1) is 0 Å². The smallest absolute Gasteiger partial charge is 0.334 e. The average molecular weight is 236 g/mol. The van der Waals surface area contributed by atoms with Gasteiger partial charge in [-0.2, -0.15) is 0 Å². The number of rotatable bonds is 2. The molecule has 0 aromatic rings. The Balaban J connectivity index is 2.34. The molecule has 0 radical (unpaired) electrons. The Morgan fingerprint density at radius 2 is 2.35 bits per heavy atom. The Kier molecular flexibility index (Phi) is 3.13. The molecule has 0 aromatic carbocycles. The number of aliphatic hydroxyl groups is 1. The summed E-state index contributed by atoms with van der Waals surface area (Å²) in [6.07, 6.45) is 5.71. The van der Waals surface area contributed by atoms with E-state index in [9.17, 15) is 4.79 Å². The molecule has 1 fully saturated rings. The first-order valence-electron chi connectivity index (χ1n) is 6.15. The van der Waals surface area contributed by atoms with Gasteiger partial charge in [0.15, 0.2) is 0 Å². The quantitative estimate of drug-likeness (QED) is 0.590. The average Bonchev–Trinajstić information content (AvgIpc) is 2.56. The molecule has 1 heterocycles. The van der Waals surface area contributed by atoms with Crippen LogP contribution in [-0.4, -0.2) is 23.8 Å². The Morgan fingerprint density at radius 1 is 1.65 bits per heavy atom. The zero-order valence-corrected chi connectivity index (χ0v) is 10.7. The Labute approximate surface area is 102 Å². The molecule has 94 valence electrons. The van der Waals surface area contributed by atoms with Crippen molar-refractivity contribution in [3.05, 3.63) is 23.3 Å². The lowest BCUT2D eigenvalue weighted by atomic mass is 9.67. The molecule has 17 heavy (non-hydrogen) atoms. The first-order valence-corrected chi connectivity index (χ1v) is 6.15. The molecule has 1 saturated heterocycles. The van der Waals surface area contributed by atoms with Crippen LogP contribution >= 0.6 is 0 Å². The third-order valence-electron chi connectivity index (χ3n) is 3.84. The minimum Gasteiger partial charge on any atom is -0.454 e. The first kappa shape index (κ1) is 12.4. The molecular formula is C14H20O3. The summed E-state index contributed by atoms with van der Waals surface area (Å²) >= 11 is 0. The third kappa shape index (κ3) is 2.16. The summed E-state index contributed by atoms with van der Waals surface area (Å²) in [5.74, 6) is -0.0555. The number of aliphatic hydroxyl groups excluding tert-OH is 1. The molecule has 2 atom stereocenters. The molecule has 3 nitrogen and oxygen atoms in total. The van der Waals surface area contributed by atoms with Crippen molar-refractivity contribution in [2.75, 3.05) is 6.61 Å². The molecule has 0 saturated carbocycles. The van der Waals surface area contributed by atoms with Gasteiger partial charge in [0.2, 0.25) is 0 Å². The van der Waals surface area contributed by atoms with Gasteiger partial charge in [-0.05, 0) is 36.8 Å². The van der Waals surface area contributed by atoms with Gasteiger partial charge in [0.1, 0.15) is 6.10 Å².